The molecule has 0 saturated heterocycles. The third-order valence-electron chi connectivity index (χ3n) is 2.47. The molecule has 1 heterocycles. The third kappa shape index (κ3) is 4.29. The number of aryl methyl sites for hydroxylation is 1. The van der Waals surface area contributed by atoms with Gasteiger partial charge in [-0.05, 0) is 24.3 Å². The van der Waals surface area contributed by atoms with E-state index >= 15 is 0 Å². The van der Waals surface area contributed by atoms with Crippen LogP contribution in [0, 0.1) is 0 Å². The lowest BCUT2D eigenvalue weighted by Crippen LogP contribution is -2.12. The third-order valence-corrected chi connectivity index (χ3v) is 3.78. The molecule has 1 N–H and O–H groups in total. The van der Waals surface area contributed by atoms with Crippen molar-refractivity contribution in [3.05, 3.63) is 41.7 Å². The van der Waals surface area contributed by atoms with Gasteiger partial charge in [0.25, 0.3) is 0 Å². The molecular formula is C13H14ClN3OS. The SMILES string of the molecule is Cn1ccnc1SCCC(=O)Nc1ccc(Cl)cc1. The van der Waals surface area contributed by atoms with Gasteiger partial charge in [-0.2, -0.15) is 0 Å². The van der Waals surface area contributed by atoms with E-state index in [1.54, 1.807) is 42.2 Å². The van der Waals surface area contributed by atoms with Crippen LogP contribution in [0.15, 0.2) is 41.8 Å². The average molecular weight is 296 g/mol. The van der Waals surface area contributed by atoms with Crippen molar-refractivity contribution < 1.29 is 4.79 Å². The lowest BCUT2D eigenvalue weighted by atomic mass is 10.3. The number of carbonyl (C=O) groups is 1. The number of thioether (sulfide) groups is 1. The van der Waals surface area contributed by atoms with E-state index in [9.17, 15) is 4.79 Å². The van der Waals surface area contributed by atoms with Gasteiger partial charge in [0.15, 0.2) is 5.16 Å². The van der Waals surface area contributed by atoms with Crippen LogP contribution in [0.3, 0.4) is 0 Å². The minimum atomic E-state index is -0.0102. The largest absolute Gasteiger partial charge is 0.329 e. The number of nitrogens with zero attached hydrogens (tertiary/aromatic N) is 2. The van der Waals surface area contributed by atoms with E-state index in [-0.39, 0.29) is 5.91 Å². The maximum Gasteiger partial charge on any atom is 0.225 e. The molecule has 0 aliphatic carbocycles. The highest BCUT2D eigenvalue weighted by Crippen LogP contribution is 2.17. The number of anilines is 1. The molecule has 1 aromatic heterocycles. The van der Waals surface area contributed by atoms with Gasteiger partial charge in [-0.25, -0.2) is 4.98 Å². The zero-order chi connectivity index (χ0) is 13.7. The minimum absolute atomic E-state index is 0.0102. The zero-order valence-electron chi connectivity index (χ0n) is 10.5. The van der Waals surface area contributed by atoms with Gasteiger partial charge in [0.05, 0.1) is 0 Å². The second-order valence-electron chi connectivity index (χ2n) is 3.97. The Labute approximate surface area is 121 Å². The molecular weight excluding hydrogens is 282 g/mol. The molecule has 0 spiro atoms. The van der Waals surface area contributed by atoms with E-state index in [2.05, 4.69) is 10.3 Å². The summed E-state index contributed by atoms with van der Waals surface area (Å²) in [5.41, 5.74) is 0.761. The molecule has 100 valence electrons. The second-order valence-corrected chi connectivity index (χ2v) is 5.47. The van der Waals surface area contributed by atoms with Crippen LogP contribution in [0.5, 0.6) is 0 Å². The van der Waals surface area contributed by atoms with Crippen LogP contribution in [0.1, 0.15) is 6.42 Å². The smallest absolute Gasteiger partial charge is 0.225 e. The number of aromatic nitrogens is 2. The van der Waals surface area contributed by atoms with Gasteiger partial charge in [0.2, 0.25) is 5.91 Å². The summed E-state index contributed by atoms with van der Waals surface area (Å²) in [4.78, 5) is 15.9. The molecule has 6 heteroatoms. The molecule has 2 aromatic rings. The first-order valence-electron chi connectivity index (χ1n) is 5.80. The van der Waals surface area contributed by atoms with Gasteiger partial charge >= 0.3 is 0 Å². The van der Waals surface area contributed by atoms with Gasteiger partial charge in [-0.15, -0.1) is 0 Å². The molecule has 0 aliphatic rings. The van der Waals surface area contributed by atoms with Crippen molar-refractivity contribution >= 4 is 35.0 Å². The highest BCUT2D eigenvalue weighted by atomic mass is 35.5. The van der Waals surface area contributed by atoms with E-state index in [0.29, 0.717) is 17.2 Å². The quantitative estimate of drug-likeness (QED) is 0.862. The number of benzene rings is 1. The predicted octanol–water partition coefficient (Wildman–Crippen LogP) is 3.19. The summed E-state index contributed by atoms with van der Waals surface area (Å²) in [5, 5.41) is 4.40. The number of amides is 1. The van der Waals surface area contributed by atoms with Crippen LogP contribution >= 0.6 is 23.4 Å². The molecule has 2 rings (SSSR count). The average Bonchev–Trinajstić information content (AvgIpc) is 2.78. The molecule has 0 unspecified atom stereocenters. The molecule has 0 atom stereocenters. The Morgan fingerprint density at radius 1 is 1.42 bits per heavy atom. The Balaban J connectivity index is 1.76. The Bertz CT molecular complexity index is 553. The van der Waals surface area contributed by atoms with Crippen LogP contribution in [-0.4, -0.2) is 21.2 Å². The van der Waals surface area contributed by atoms with Gasteiger partial charge in [-0.1, -0.05) is 23.4 Å². The fourth-order valence-electron chi connectivity index (χ4n) is 1.48. The summed E-state index contributed by atoms with van der Waals surface area (Å²) in [7, 11) is 1.93. The number of halogens is 1. The summed E-state index contributed by atoms with van der Waals surface area (Å²) in [6.45, 7) is 0. The van der Waals surface area contributed by atoms with Gasteiger partial charge in [-0.3, -0.25) is 4.79 Å². The Morgan fingerprint density at radius 3 is 2.79 bits per heavy atom. The van der Waals surface area contributed by atoms with Crippen molar-refractivity contribution in [3.63, 3.8) is 0 Å². The Kier molecular flexibility index (Phi) is 4.87. The lowest BCUT2D eigenvalue weighted by Gasteiger charge is -2.05. The van der Waals surface area contributed by atoms with Gasteiger partial charge < -0.3 is 9.88 Å². The van der Waals surface area contributed by atoms with Crippen molar-refractivity contribution in [1.29, 1.82) is 0 Å². The second kappa shape index (κ2) is 6.63. The highest BCUT2D eigenvalue weighted by Gasteiger charge is 2.05. The summed E-state index contributed by atoms with van der Waals surface area (Å²) in [5.74, 6) is 0.689. The molecule has 1 aromatic carbocycles. The minimum Gasteiger partial charge on any atom is -0.329 e. The predicted molar refractivity (Wildman–Crippen MR) is 78.6 cm³/mol. The standard InChI is InChI=1S/C13H14ClN3OS/c1-17-8-7-15-13(17)19-9-6-12(18)16-11-4-2-10(14)3-5-11/h2-5,7-8H,6,9H2,1H3,(H,16,18). The van der Waals surface area contributed by atoms with Crippen LogP contribution in [-0.2, 0) is 11.8 Å². The van der Waals surface area contributed by atoms with E-state index in [4.69, 9.17) is 11.6 Å². The number of hydrogen-bond acceptors (Lipinski definition) is 3. The van der Waals surface area contributed by atoms with Crippen molar-refractivity contribution in [2.24, 2.45) is 7.05 Å². The van der Waals surface area contributed by atoms with E-state index in [1.807, 2.05) is 17.8 Å². The first-order chi connectivity index (χ1) is 9.15. The maximum atomic E-state index is 11.7. The maximum absolute atomic E-state index is 11.7. The number of imidazole rings is 1. The van der Waals surface area contributed by atoms with Crippen molar-refractivity contribution in [2.75, 3.05) is 11.1 Å². The Hall–Kier alpha value is -1.46. The number of rotatable bonds is 5. The lowest BCUT2D eigenvalue weighted by molar-refractivity contribution is -0.115. The summed E-state index contributed by atoms with van der Waals surface area (Å²) >= 11 is 7.34. The van der Waals surface area contributed by atoms with E-state index in [1.165, 1.54) is 0 Å². The van der Waals surface area contributed by atoms with Gasteiger partial charge in [0, 0.05) is 42.3 Å². The molecule has 0 radical (unpaired) electrons. The highest BCUT2D eigenvalue weighted by molar-refractivity contribution is 7.99. The molecule has 4 nitrogen and oxygen atoms in total. The first kappa shape index (κ1) is 14.0. The summed E-state index contributed by atoms with van der Waals surface area (Å²) in [6.07, 6.45) is 4.08. The topological polar surface area (TPSA) is 46.9 Å². The normalized spacial score (nSPS) is 10.4. The fraction of sp³-hybridized carbons (Fsp3) is 0.231. The zero-order valence-corrected chi connectivity index (χ0v) is 12.0. The summed E-state index contributed by atoms with van der Waals surface area (Å²) in [6, 6.07) is 7.07. The van der Waals surface area contributed by atoms with Crippen molar-refractivity contribution in [2.45, 2.75) is 11.6 Å². The van der Waals surface area contributed by atoms with Crippen molar-refractivity contribution in [3.8, 4) is 0 Å². The molecule has 0 bridgehead atoms. The Morgan fingerprint density at radius 2 is 2.16 bits per heavy atom. The van der Waals surface area contributed by atoms with E-state index < -0.39 is 0 Å². The molecule has 1 amide bonds. The number of nitrogens with one attached hydrogen (secondary N) is 1. The summed E-state index contributed by atoms with van der Waals surface area (Å²) < 4.78 is 1.93. The monoisotopic (exact) mass is 295 g/mol. The molecule has 0 saturated carbocycles. The number of carbonyl (C=O) groups excluding carboxylic acids is 1. The van der Waals surface area contributed by atoms with Crippen LogP contribution < -0.4 is 5.32 Å². The fourth-order valence-corrected chi connectivity index (χ4v) is 2.48. The molecule has 19 heavy (non-hydrogen) atoms. The molecule has 0 aliphatic heterocycles. The van der Waals surface area contributed by atoms with Crippen molar-refractivity contribution in [1.82, 2.24) is 9.55 Å². The van der Waals surface area contributed by atoms with Gasteiger partial charge in [0.1, 0.15) is 0 Å². The number of hydrogen-bond donors (Lipinski definition) is 1. The van der Waals surface area contributed by atoms with E-state index in [0.717, 1.165) is 10.8 Å². The first-order valence-corrected chi connectivity index (χ1v) is 7.17. The van der Waals surface area contributed by atoms with Crippen LogP contribution in [0.25, 0.3) is 0 Å². The molecule has 0 fully saturated rings. The van der Waals surface area contributed by atoms with Crippen LogP contribution in [0.2, 0.25) is 5.02 Å². The van der Waals surface area contributed by atoms with Crippen LogP contribution in [0.4, 0.5) is 5.69 Å².